The Labute approximate surface area is 117 Å². The molecule has 112 valence electrons. The SMILES string of the molecule is CCNC(C)(CCCN1CCN(CC)CC1)C(N)=O. The van der Waals surface area contributed by atoms with Crippen molar-refractivity contribution in [2.75, 3.05) is 45.8 Å². The highest BCUT2D eigenvalue weighted by atomic mass is 16.1. The van der Waals surface area contributed by atoms with E-state index in [9.17, 15) is 4.79 Å². The molecular weight excluding hydrogens is 240 g/mol. The molecule has 5 heteroatoms. The topological polar surface area (TPSA) is 61.6 Å². The highest BCUT2D eigenvalue weighted by Gasteiger charge is 2.29. The van der Waals surface area contributed by atoms with Crippen LogP contribution in [0.2, 0.25) is 0 Å². The number of rotatable bonds is 8. The lowest BCUT2D eigenvalue weighted by Gasteiger charge is -2.35. The Kier molecular flexibility index (Phi) is 6.75. The van der Waals surface area contributed by atoms with Crippen LogP contribution in [0.5, 0.6) is 0 Å². The van der Waals surface area contributed by atoms with E-state index in [1.807, 2.05) is 13.8 Å². The van der Waals surface area contributed by atoms with E-state index in [-0.39, 0.29) is 5.91 Å². The van der Waals surface area contributed by atoms with Crippen LogP contribution in [0, 0.1) is 0 Å². The second kappa shape index (κ2) is 7.82. The van der Waals surface area contributed by atoms with Gasteiger partial charge < -0.3 is 20.9 Å². The highest BCUT2D eigenvalue weighted by molar-refractivity contribution is 5.84. The number of amides is 1. The van der Waals surface area contributed by atoms with E-state index in [2.05, 4.69) is 22.0 Å². The van der Waals surface area contributed by atoms with E-state index < -0.39 is 5.54 Å². The summed E-state index contributed by atoms with van der Waals surface area (Å²) >= 11 is 0. The average Bonchev–Trinajstić information content (AvgIpc) is 2.39. The number of carbonyl (C=O) groups excluding carboxylic acids is 1. The third-order valence-electron chi connectivity index (χ3n) is 4.17. The summed E-state index contributed by atoms with van der Waals surface area (Å²) in [5.41, 5.74) is 4.94. The standard InChI is InChI=1S/C14H30N4O/c1-4-16-14(3,13(15)19)7-6-8-18-11-9-17(5-2)10-12-18/h16H,4-12H2,1-3H3,(H2,15,19). The number of piperazine rings is 1. The maximum atomic E-state index is 11.5. The van der Waals surface area contributed by atoms with Crippen LogP contribution in [0.3, 0.4) is 0 Å². The van der Waals surface area contributed by atoms with Gasteiger partial charge in [0.05, 0.1) is 5.54 Å². The van der Waals surface area contributed by atoms with Gasteiger partial charge >= 0.3 is 0 Å². The lowest BCUT2D eigenvalue weighted by atomic mass is 9.94. The Morgan fingerprint density at radius 1 is 1.21 bits per heavy atom. The quantitative estimate of drug-likeness (QED) is 0.664. The fourth-order valence-electron chi connectivity index (χ4n) is 2.67. The van der Waals surface area contributed by atoms with E-state index in [0.717, 1.165) is 58.7 Å². The monoisotopic (exact) mass is 270 g/mol. The molecule has 1 rings (SSSR count). The molecule has 1 saturated heterocycles. The van der Waals surface area contributed by atoms with Crippen LogP contribution < -0.4 is 11.1 Å². The summed E-state index contributed by atoms with van der Waals surface area (Å²) in [7, 11) is 0. The molecule has 0 aromatic rings. The summed E-state index contributed by atoms with van der Waals surface area (Å²) in [4.78, 5) is 16.5. The van der Waals surface area contributed by atoms with Crippen LogP contribution in [0.25, 0.3) is 0 Å². The number of carbonyl (C=O) groups is 1. The largest absolute Gasteiger partial charge is 0.368 e. The molecule has 0 radical (unpaired) electrons. The van der Waals surface area contributed by atoms with Crippen LogP contribution in [-0.4, -0.2) is 67.1 Å². The number of hydrogen-bond acceptors (Lipinski definition) is 4. The molecule has 1 amide bonds. The second-order valence-corrected chi connectivity index (χ2v) is 5.61. The normalized spacial score (nSPS) is 21.2. The molecule has 3 N–H and O–H groups in total. The van der Waals surface area contributed by atoms with Crippen molar-refractivity contribution in [1.82, 2.24) is 15.1 Å². The maximum absolute atomic E-state index is 11.5. The van der Waals surface area contributed by atoms with Gasteiger partial charge in [0.1, 0.15) is 0 Å². The summed E-state index contributed by atoms with van der Waals surface area (Å²) in [5, 5.41) is 3.21. The molecule has 1 unspecified atom stereocenters. The van der Waals surface area contributed by atoms with Gasteiger partial charge in [-0.05, 0) is 39.4 Å². The third kappa shape index (κ3) is 5.09. The molecule has 0 aliphatic carbocycles. The minimum atomic E-state index is -0.556. The minimum absolute atomic E-state index is 0.245. The van der Waals surface area contributed by atoms with Crippen molar-refractivity contribution < 1.29 is 4.79 Å². The molecule has 0 aromatic heterocycles. The molecule has 0 spiro atoms. The van der Waals surface area contributed by atoms with Crippen molar-refractivity contribution in [1.29, 1.82) is 0 Å². The maximum Gasteiger partial charge on any atom is 0.237 e. The van der Waals surface area contributed by atoms with Crippen molar-refractivity contribution >= 4 is 5.91 Å². The van der Waals surface area contributed by atoms with E-state index in [4.69, 9.17) is 5.73 Å². The van der Waals surface area contributed by atoms with Crippen molar-refractivity contribution in [3.8, 4) is 0 Å². The Balaban J connectivity index is 2.27. The molecule has 0 bridgehead atoms. The van der Waals surface area contributed by atoms with Gasteiger partial charge in [-0.25, -0.2) is 0 Å². The van der Waals surface area contributed by atoms with Gasteiger partial charge in [-0.1, -0.05) is 13.8 Å². The van der Waals surface area contributed by atoms with Crippen LogP contribution in [0.4, 0.5) is 0 Å². The van der Waals surface area contributed by atoms with Gasteiger partial charge in [-0.3, -0.25) is 4.79 Å². The molecule has 1 heterocycles. The molecule has 19 heavy (non-hydrogen) atoms. The Morgan fingerprint density at radius 3 is 2.26 bits per heavy atom. The third-order valence-corrected chi connectivity index (χ3v) is 4.17. The Morgan fingerprint density at radius 2 is 1.79 bits per heavy atom. The van der Waals surface area contributed by atoms with E-state index in [1.54, 1.807) is 0 Å². The lowest BCUT2D eigenvalue weighted by Crippen LogP contribution is -2.53. The molecule has 1 fully saturated rings. The predicted octanol–water partition coefficient (Wildman–Crippen LogP) is 0.258. The van der Waals surface area contributed by atoms with Crippen LogP contribution in [0.15, 0.2) is 0 Å². The summed E-state index contributed by atoms with van der Waals surface area (Å²) in [5.74, 6) is -0.245. The van der Waals surface area contributed by atoms with Crippen LogP contribution in [0.1, 0.15) is 33.6 Å². The zero-order valence-corrected chi connectivity index (χ0v) is 12.7. The first-order valence-electron chi connectivity index (χ1n) is 7.51. The zero-order chi connectivity index (χ0) is 14.3. The minimum Gasteiger partial charge on any atom is -0.368 e. The smallest absolute Gasteiger partial charge is 0.237 e. The summed E-state index contributed by atoms with van der Waals surface area (Å²) in [6.45, 7) is 13.7. The lowest BCUT2D eigenvalue weighted by molar-refractivity contribution is -0.124. The molecule has 5 nitrogen and oxygen atoms in total. The molecule has 0 aromatic carbocycles. The fourth-order valence-corrected chi connectivity index (χ4v) is 2.67. The van der Waals surface area contributed by atoms with Gasteiger partial charge in [-0.2, -0.15) is 0 Å². The Hall–Kier alpha value is -0.650. The zero-order valence-electron chi connectivity index (χ0n) is 12.7. The van der Waals surface area contributed by atoms with E-state index in [1.165, 1.54) is 0 Å². The van der Waals surface area contributed by atoms with Gasteiger partial charge in [0, 0.05) is 26.2 Å². The van der Waals surface area contributed by atoms with Gasteiger partial charge in [0.2, 0.25) is 5.91 Å². The summed E-state index contributed by atoms with van der Waals surface area (Å²) in [6, 6.07) is 0. The van der Waals surface area contributed by atoms with Crippen molar-refractivity contribution in [2.45, 2.75) is 39.2 Å². The fraction of sp³-hybridized carbons (Fsp3) is 0.929. The average molecular weight is 270 g/mol. The molecule has 1 aliphatic rings. The van der Waals surface area contributed by atoms with Crippen molar-refractivity contribution in [3.05, 3.63) is 0 Å². The van der Waals surface area contributed by atoms with Crippen LogP contribution >= 0.6 is 0 Å². The first kappa shape index (κ1) is 16.4. The van der Waals surface area contributed by atoms with Crippen molar-refractivity contribution in [2.24, 2.45) is 5.73 Å². The van der Waals surface area contributed by atoms with E-state index in [0.29, 0.717) is 0 Å². The number of likely N-dealkylation sites (N-methyl/N-ethyl adjacent to an activating group) is 2. The highest BCUT2D eigenvalue weighted by Crippen LogP contribution is 2.13. The van der Waals surface area contributed by atoms with Gasteiger partial charge in [-0.15, -0.1) is 0 Å². The predicted molar refractivity (Wildman–Crippen MR) is 79.1 cm³/mol. The summed E-state index contributed by atoms with van der Waals surface area (Å²) in [6.07, 6.45) is 1.82. The first-order chi connectivity index (χ1) is 9.01. The van der Waals surface area contributed by atoms with Crippen molar-refractivity contribution in [3.63, 3.8) is 0 Å². The van der Waals surface area contributed by atoms with Crippen LogP contribution in [-0.2, 0) is 4.79 Å². The molecular formula is C14H30N4O. The van der Waals surface area contributed by atoms with Gasteiger partial charge in [0.25, 0.3) is 0 Å². The first-order valence-corrected chi connectivity index (χ1v) is 7.51. The molecule has 0 saturated carbocycles. The number of nitrogens with one attached hydrogen (secondary N) is 1. The number of primary amides is 1. The summed E-state index contributed by atoms with van der Waals surface area (Å²) < 4.78 is 0. The van der Waals surface area contributed by atoms with Gasteiger partial charge in [0.15, 0.2) is 0 Å². The number of nitrogens with zero attached hydrogens (tertiary/aromatic N) is 2. The second-order valence-electron chi connectivity index (χ2n) is 5.61. The Bertz CT molecular complexity index is 277. The molecule has 1 aliphatic heterocycles. The number of nitrogens with two attached hydrogens (primary N) is 1. The number of hydrogen-bond donors (Lipinski definition) is 2. The van der Waals surface area contributed by atoms with E-state index >= 15 is 0 Å². The molecule has 1 atom stereocenters.